The van der Waals surface area contributed by atoms with Crippen molar-refractivity contribution >= 4 is 17.5 Å². The summed E-state index contributed by atoms with van der Waals surface area (Å²) in [6.45, 7) is 5.53. The summed E-state index contributed by atoms with van der Waals surface area (Å²) in [7, 11) is 0. The van der Waals surface area contributed by atoms with Crippen LogP contribution in [-0.2, 0) is 9.53 Å². The number of nitrogens with zero attached hydrogens (tertiary/aromatic N) is 1. The molecule has 1 aliphatic rings. The highest BCUT2D eigenvalue weighted by atomic mass is 35.5. The van der Waals surface area contributed by atoms with Crippen LogP contribution in [0.1, 0.15) is 25.7 Å². The van der Waals surface area contributed by atoms with Crippen LogP contribution in [0.5, 0.6) is 0 Å². The number of hydrogen-bond donors (Lipinski definition) is 1. The molecule has 1 N–H and O–H groups in total. The van der Waals surface area contributed by atoms with E-state index in [2.05, 4.69) is 10.2 Å². The van der Waals surface area contributed by atoms with Crippen molar-refractivity contribution in [1.82, 2.24) is 10.2 Å². The second-order valence-corrected chi connectivity index (χ2v) is 4.68. The third-order valence-electron chi connectivity index (χ3n) is 2.86. The highest BCUT2D eigenvalue weighted by Crippen LogP contribution is 1.98. The van der Waals surface area contributed by atoms with E-state index in [0.29, 0.717) is 12.3 Å². The molecule has 17 heavy (non-hydrogen) atoms. The fourth-order valence-electron chi connectivity index (χ4n) is 1.82. The molecule has 1 heterocycles. The number of amides is 1. The maximum Gasteiger partial charge on any atom is 0.219 e. The average molecular weight is 263 g/mol. The first kappa shape index (κ1) is 14.7. The van der Waals surface area contributed by atoms with E-state index in [1.807, 2.05) is 0 Å². The number of nitrogens with one attached hydrogen (secondary N) is 1. The minimum Gasteiger partial charge on any atom is -0.379 e. The Kier molecular flexibility index (Phi) is 8.40. The Hall–Kier alpha value is -0.320. The molecule has 1 rings (SSSR count). The van der Waals surface area contributed by atoms with Gasteiger partial charge in [0.25, 0.3) is 0 Å². The number of alkyl halides is 1. The van der Waals surface area contributed by atoms with Gasteiger partial charge in [0.1, 0.15) is 0 Å². The largest absolute Gasteiger partial charge is 0.379 e. The molecular weight excluding hydrogens is 240 g/mol. The molecule has 4 nitrogen and oxygen atoms in total. The van der Waals surface area contributed by atoms with Crippen LogP contribution >= 0.6 is 11.6 Å². The lowest BCUT2D eigenvalue weighted by Gasteiger charge is -2.26. The summed E-state index contributed by atoms with van der Waals surface area (Å²) in [4.78, 5) is 13.8. The predicted octanol–water partition coefficient (Wildman–Crippen LogP) is 1.23. The third kappa shape index (κ3) is 7.58. The second-order valence-electron chi connectivity index (χ2n) is 4.30. The maximum atomic E-state index is 11.4. The van der Waals surface area contributed by atoms with E-state index in [4.69, 9.17) is 16.3 Å². The molecule has 100 valence electrons. The van der Waals surface area contributed by atoms with Gasteiger partial charge in [-0.3, -0.25) is 9.69 Å². The minimum atomic E-state index is 0.150. The van der Waals surface area contributed by atoms with Crippen LogP contribution in [0.15, 0.2) is 0 Å². The van der Waals surface area contributed by atoms with Crippen molar-refractivity contribution in [1.29, 1.82) is 0 Å². The molecule has 0 unspecified atom stereocenters. The van der Waals surface area contributed by atoms with Gasteiger partial charge >= 0.3 is 0 Å². The monoisotopic (exact) mass is 262 g/mol. The van der Waals surface area contributed by atoms with Gasteiger partial charge in [-0.1, -0.05) is 0 Å². The molecule has 0 radical (unpaired) electrons. The van der Waals surface area contributed by atoms with E-state index in [1.54, 1.807) is 0 Å². The first-order valence-corrected chi connectivity index (χ1v) is 6.99. The van der Waals surface area contributed by atoms with Crippen molar-refractivity contribution in [2.45, 2.75) is 25.7 Å². The quantitative estimate of drug-likeness (QED) is 0.529. The fourth-order valence-corrected chi connectivity index (χ4v) is 2.01. The fraction of sp³-hybridized carbons (Fsp3) is 0.917. The highest BCUT2D eigenvalue weighted by Gasteiger charge is 2.09. The van der Waals surface area contributed by atoms with E-state index in [-0.39, 0.29) is 5.91 Å². The summed E-state index contributed by atoms with van der Waals surface area (Å²) in [5.74, 6) is 0.793. The van der Waals surface area contributed by atoms with Crippen molar-refractivity contribution in [2.75, 3.05) is 45.3 Å². The Bertz CT molecular complexity index is 209. The van der Waals surface area contributed by atoms with Crippen LogP contribution in [0.2, 0.25) is 0 Å². The van der Waals surface area contributed by atoms with E-state index in [9.17, 15) is 4.79 Å². The Morgan fingerprint density at radius 2 is 2.00 bits per heavy atom. The van der Waals surface area contributed by atoms with Gasteiger partial charge in [-0.2, -0.15) is 0 Å². The van der Waals surface area contributed by atoms with Crippen LogP contribution in [-0.4, -0.2) is 56.1 Å². The van der Waals surface area contributed by atoms with Crippen LogP contribution in [0, 0.1) is 0 Å². The Morgan fingerprint density at radius 1 is 1.24 bits per heavy atom. The summed E-state index contributed by atoms with van der Waals surface area (Å²) in [6, 6.07) is 0. The van der Waals surface area contributed by atoms with Crippen LogP contribution in [0.3, 0.4) is 0 Å². The Labute approximate surface area is 109 Å². The lowest BCUT2D eigenvalue weighted by Crippen LogP contribution is -2.38. The number of halogens is 1. The van der Waals surface area contributed by atoms with E-state index >= 15 is 0 Å². The third-order valence-corrected chi connectivity index (χ3v) is 3.13. The summed E-state index contributed by atoms with van der Waals surface area (Å²) in [6.07, 6.45) is 3.42. The summed E-state index contributed by atoms with van der Waals surface area (Å²) in [5, 5.41) is 2.94. The normalized spacial score (nSPS) is 17.0. The van der Waals surface area contributed by atoms with Crippen molar-refractivity contribution in [3.8, 4) is 0 Å². The molecule has 0 atom stereocenters. The minimum absolute atomic E-state index is 0.150. The zero-order valence-corrected chi connectivity index (χ0v) is 11.2. The number of morpholine rings is 1. The smallest absolute Gasteiger partial charge is 0.219 e. The van der Waals surface area contributed by atoms with Crippen molar-refractivity contribution in [3.63, 3.8) is 0 Å². The Balaban J connectivity index is 1.90. The highest BCUT2D eigenvalue weighted by molar-refractivity contribution is 6.17. The molecule has 5 heteroatoms. The van der Waals surface area contributed by atoms with Crippen molar-refractivity contribution in [3.05, 3.63) is 0 Å². The van der Waals surface area contributed by atoms with Crippen molar-refractivity contribution in [2.24, 2.45) is 0 Å². The summed E-state index contributed by atoms with van der Waals surface area (Å²) < 4.78 is 5.28. The molecule has 0 aliphatic carbocycles. The lowest BCUT2D eigenvalue weighted by molar-refractivity contribution is -0.121. The SMILES string of the molecule is O=C(CCCCCl)NCCCN1CCOCC1. The average Bonchev–Trinajstić information content (AvgIpc) is 2.36. The predicted molar refractivity (Wildman–Crippen MR) is 69.5 cm³/mol. The molecule has 0 aromatic rings. The molecule has 1 fully saturated rings. The second kappa shape index (κ2) is 9.68. The zero-order chi connectivity index (χ0) is 12.3. The number of carbonyl (C=O) groups excluding carboxylic acids is 1. The van der Waals surface area contributed by atoms with Gasteiger partial charge in [-0.15, -0.1) is 11.6 Å². The van der Waals surface area contributed by atoms with Gasteiger partial charge in [-0.05, 0) is 25.8 Å². The van der Waals surface area contributed by atoms with Crippen LogP contribution < -0.4 is 5.32 Å². The molecule has 1 aliphatic heterocycles. The zero-order valence-electron chi connectivity index (χ0n) is 10.4. The van der Waals surface area contributed by atoms with Gasteiger partial charge in [0.2, 0.25) is 5.91 Å². The van der Waals surface area contributed by atoms with Gasteiger partial charge in [0, 0.05) is 31.9 Å². The number of rotatable bonds is 8. The molecular formula is C12H23ClN2O2. The number of unbranched alkanes of at least 4 members (excludes halogenated alkanes) is 1. The van der Waals surface area contributed by atoms with Crippen LogP contribution in [0.25, 0.3) is 0 Å². The van der Waals surface area contributed by atoms with E-state index in [1.165, 1.54) is 0 Å². The molecule has 0 aromatic heterocycles. The maximum absolute atomic E-state index is 11.4. The topological polar surface area (TPSA) is 41.6 Å². The Morgan fingerprint density at radius 3 is 2.71 bits per heavy atom. The van der Waals surface area contributed by atoms with Gasteiger partial charge in [0.15, 0.2) is 0 Å². The molecule has 0 saturated carbocycles. The molecule has 1 amide bonds. The molecule has 0 bridgehead atoms. The summed E-state index contributed by atoms with van der Waals surface area (Å²) >= 11 is 5.55. The molecule has 1 saturated heterocycles. The first-order valence-electron chi connectivity index (χ1n) is 6.45. The van der Waals surface area contributed by atoms with Gasteiger partial charge < -0.3 is 10.1 Å². The number of hydrogen-bond acceptors (Lipinski definition) is 3. The van der Waals surface area contributed by atoms with E-state index in [0.717, 1.165) is 58.7 Å². The lowest BCUT2D eigenvalue weighted by atomic mass is 10.2. The standard InChI is InChI=1S/C12H23ClN2O2/c13-5-2-1-4-12(16)14-6-3-7-15-8-10-17-11-9-15/h1-11H2,(H,14,16). The molecule has 0 spiro atoms. The first-order chi connectivity index (χ1) is 8.33. The van der Waals surface area contributed by atoms with Gasteiger partial charge in [0.05, 0.1) is 13.2 Å². The van der Waals surface area contributed by atoms with Crippen LogP contribution in [0.4, 0.5) is 0 Å². The summed E-state index contributed by atoms with van der Waals surface area (Å²) in [5.41, 5.74) is 0. The number of ether oxygens (including phenoxy) is 1. The number of carbonyl (C=O) groups is 1. The van der Waals surface area contributed by atoms with Crippen molar-refractivity contribution < 1.29 is 9.53 Å². The molecule has 0 aromatic carbocycles. The van der Waals surface area contributed by atoms with Gasteiger partial charge in [-0.25, -0.2) is 0 Å². The van der Waals surface area contributed by atoms with E-state index < -0.39 is 0 Å².